The van der Waals surface area contributed by atoms with E-state index in [0.717, 1.165) is 13.0 Å². The van der Waals surface area contributed by atoms with Crippen molar-refractivity contribution in [3.8, 4) is 6.19 Å². The van der Waals surface area contributed by atoms with Gasteiger partial charge in [-0.15, -0.1) is 0 Å². The van der Waals surface area contributed by atoms with E-state index in [0.29, 0.717) is 0 Å². The summed E-state index contributed by atoms with van der Waals surface area (Å²) in [5.41, 5.74) is 1.21. The Morgan fingerprint density at radius 2 is 2.17 bits per heavy atom. The van der Waals surface area contributed by atoms with Crippen LogP contribution < -0.4 is 0 Å². The van der Waals surface area contributed by atoms with Gasteiger partial charge in [0.15, 0.2) is 6.19 Å². The van der Waals surface area contributed by atoms with Gasteiger partial charge in [0.25, 0.3) is 0 Å². The fourth-order valence-corrected chi connectivity index (χ4v) is 0.896. The largest absolute Gasteiger partial charge is 0.313 e. The smallest absolute Gasteiger partial charge is 0.179 e. The molecule has 0 amide bonds. The van der Waals surface area contributed by atoms with Crippen LogP contribution in [0.1, 0.15) is 5.56 Å². The molecule has 0 saturated carbocycles. The minimum atomic E-state index is 0.764. The molecule has 1 aromatic heterocycles. The van der Waals surface area contributed by atoms with Crippen molar-refractivity contribution in [1.82, 2.24) is 9.88 Å². The van der Waals surface area contributed by atoms with Gasteiger partial charge < -0.3 is 4.90 Å². The van der Waals surface area contributed by atoms with Crippen LogP contribution in [0.25, 0.3) is 0 Å². The molecule has 1 rings (SSSR count). The molecular formula is C9H11N3. The van der Waals surface area contributed by atoms with Crippen molar-refractivity contribution in [1.29, 1.82) is 5.26 Å². The summed E-state index contributed by atoms with van der Waals surface area (Å²) >= 11 is 0. The summed E-state index contributed by atoms with van der Waals surface area (Å²) in [4.78, 5) is 5.53. The maximum Gasteiger partial charge on any atom is 0.179 e. The first kappa shape index (κ1) is 8.54. The van der Waals surface area contributed by atoms with Crippen LogP contribution in [0.3, 0.4) is 0 Å². The van der Waals surface area contributed by atoms with Gasteiger partial charge in [0.2, 0.25) is 0 Å². The molecule has 0 atom stereocenters. The summed E-state index contributed by atoms with van der Waals surface area (Å²) in [6.45, 7) is 0.764. The monoisotopic (exact) mass is 161 g/mol. The average Bonchev–Trinajstić information content (AvgIpc) is 2.16. The number of pyridine rings is 1. The molecule has 62 valence electrons. The van der Waals surface area contributed by atoms with Crippen molar-refractivity contribution in [3.63, 3.8) is 0 Å². The van der Waals surface area contributed by atoms with E-state index in [4.69, 9.17) is 5.26 Å². The second-order valence-corrected chi connectivity index (χ2v) is 2.63. The maximum atomic E-state index is 8.48. The molecule has 0 aromatic carbocycles. The van der Waals surface area contributed by atoms with E-state index in [1.54, 1.807) is 24.3 Å². The molecule has 0 fully saturated rings. The van der Waals surface area contributed by atoms with Crippen molar-refractivity contribution in [2.24, 2.45) is 0 Å². The van der Waals surface area contributed by atoms with Crippen molar-refractivity contribution in [2.45, 2.75) is 6.42 Å². The Morgan fingerprint density at radius 3 is 2.75 bits per heavy atom. The average molecular weight is 161 g/mol. The molecule has 1 aromatic rings. The van der Waals surface area contributed by atoms with Gasteiger partial charge in [0, 0.05) is 26.0 Å². The van der Waals surface area contributed by atoms with Crippen LogP contribution in [0.4, 0.5) is 0 Å². The zero-order valence-electron chi connectivity index (χ0n) is 7.07. The highest BCUT2D eigenvalue weighted by Gasteiger charge is 1.94. The van der Waals surface area contributed by atoms with E-state index in [2.05, 4.69) is 11.2 Å². The third kappa shape index (κ3) is 2.59. The number of aromatic nitrogens is 1. The standard InChI is InChI=1S/C9H11N3/c1-12(8-10)7-4-9-2-5-11-6-3-9/h2-3,5-6H,4,7H2,1H3. The predicted molar refractivity (Wildman–Crippen MR) is 46.2 cm³/mol. The molecule has 12 heavy (non-hydrogen) atoms. The van der Waals surface area contributed by atoms with E-state index >= 15 is 0 Å². The highest BCUT2D eigenvalue weighted by Crippen LogP contribution is 1.97. The van der Waals surface area contributed by atoms with Gasteiger partial charge in [-0.3, -0.25) is 4.98 Å². The van der Waals surface area contributed by atoms with Crippen LogP contribution in [0, 0.1) is 11.5 Å². The van der Waals surface area contributed by atoms with Crippen LogP contribution in [-0.4, -0.2) is 23.5 Å². The van der Waals surface area contributed by atoms with Crippen LogP contribution in [0.5, 0.6) is 0 Å². The lowest BCUT2D eigenvalue weighted by Crippen LogP contribution is -2.14. The Labute approximate surface area is 72.3 Å². The molecule has 0 bridgehead atoms. The number of hydrogen-bond acceptors (Lipinski definition) is 3. The van der Waals surface area contributed by atoms with E-state index < -0.39 is 0 Å². The molecule has 0 aliphatic heterocycles. The fourth-order valence-electron chi connectivity index (χ4n) is 0.896. The lowest BCUT2D eigenvalue weighted by molar-refractivity contribution is 0.478. The van der Waals surface area contributed by atoms with E-state index in [9.17, 15) is 0 Å². The summed E-state index contributed by atoms with van der Waals surface area (Å²) in [5.74, 6) is 0. The number of hydrogen-bond donors (Lipinski definition) is 0. The molecular weight excluding hydrogens is 150 g/mol. The molecule has 0 aliphatic carbocycles. The molecule has 1 heterocycles. The lowest BCUT2D eigenvalue weighted by atomic mass is 10.2. The Kier molecular flexibility index (Phi) is 3.09. The lowest BCUT2D eigenvalue weighted by Gasteiger charge is -2.07. The van der Waals surface area contributed by atoms with Crippen LogP contribution in [-0.2, 0) is 6.42 Å². The van der Waals surface area contributed by atoms with Gasteiger partial charge >= 0.3 is 0 Å². The topological polar surface area (TPSA) is 39.9 Å². The first-order valence-electron chi connectivity index (χ1n) is 3.82. The molecule has 3 heteroatoms. The third-order valence-electron chi connectivity index (χ3n) is 1.66. The first-order chi connectivity index (χ1) is 5.83. The third-order valence-corrected chi connectivity index (χ3v) is 1.66. The van der Waals surface area contributed by atoms with Crippen molar-refractivity contribution in [2.75, 3.05) is 13.6 Å². The van der Waals surface area contributed by atoms with E-state index in [1.165, 1.54) is 5.56 Å². The molecule has 0 N–H and O–H groups in total. The van der Waals surface area contributed by atoms with Gasteiger partial charge in [-0.05, 0) is 24.1 Å². The predicted octanol–water partition coefficient (Wildman–Crippen LogP) is 1.04. The quantitative estimate of drug-likeness (QED) is 0.491. The number of nitriles is 1. The fraction of sp³-hybridized carbons (Fsp3) is 0.333. The highest BCUT2D eigenvalue weighted by atomic mass is 15.1. The van der Waals surface area contributed by atoms with Crippen LogP contribution in [0.15, 0.2) is 24.5 Å². The van der Waals surface area contributed by atoms with Crippen molar-refractivity contribution in [3.05, 3.63) is 30.1 Å². The van der Waals surface area contributed by atoms with Crippen LogP contribution >= 0.6 is 0 Å². The number of nitrogens with zero attached hydrogens (tertiary/aromatic N) is 3. The van der Waals surface area contributed by atoms with Gasteiger partial charge in [-0.2, -0.15) is 5.26 Å². The zero-order valence-corrected chi connectivity index (χ0v) is 7.07. The molecule has 0 unspecified atom stereocenters. The van der Waals surface area contributed by atoms with E-state index in [1.807, 2.05) is 12.1 Å². The van der Waals surface area contributed by atoms with Crippen LogP contribution in [0.2, 0.25) is 0 Å². The zero-order chi connectivity index (χ0) is 8.81. The summed E-state index contributed by atoms with van der Waals surface area (Å²) in [6.07, 6.45) is 6.48. The van der Waals surface area contributed by atoms with Gasteiger partial charge in [-0.25, -0.2) is 0 Å². The minimum Gasteiger partial charge on any atom is -0.313 e. The molecule has 0 aliphatic rings. The molecule has 0 spiro atoms. The normalized spacial score (nSPS) is 9.00. The minimum absolute atomic E-state index is 0.764. The van der Waals surface area contributed by atoms with Crippen molar-refractivity contribution >= 4 is 0 Å². The molecule has 0 radical (unpaired) electrons. The second kappa shape index (κ2) is 4.35. The summed E-state index contributed by atoms with van der Waals surface area (Å²) in [5, 5.41) is 8.48. The molecule has 3 nitrogen and oxygen atoms in total. The Balaban J connectivity index is 2.40. The van der Waals surface area contributed by atoms with Gasteiger partial charge in [0.1, 0.15) is 0 Å². The Bertz CT molecular complexity index is 263. The maximum absolute atomic E-state index is 8.48. The van der Waals surface area contributed by atoms with Gasteiger partial charge in [0.05, 0.1) is 0 Å². The second-order valence-electron chi connectivity index (χ2n) is 2.63. The Hall–Kier alpha value is -1.56. The van der Waals surface area contributed by atoms with E-state index in [-0.39, 0.29) is 0 Å². The number of likely N-dealkylation sites (N-methyl/N-ethyl adjacent to an activating group) is 1. The summed E-state index contributed by atoms with van der Waals surface area (Å²) in [7, 11) is 1.78. The summed E-state index contributed by atoms with van der Waals surface area (Å²) in [6, 6.07) is 3.93. The summed E-state index contributed by atoms with van der Waals surface area (Å²) < 4.78 is 0. The SMILES string of the molecule is CN(C#N)CCc1ccncc1. The van der Waals surface area contributed by atoms with Crippen molar-refractivity contribution < 1.29 is 0 Å². The van der Waals surface area contributed by atoms with Gasteiger partial charge in [-0.1, -0.05) is 0 Å². The highest BCUT2D eigenvalue weighted by molar-refractivity contribution is 5.09. The molecule has 0 saturated heterocycles. The Morgan fingerprint density at radius 1 is 1.50 bits per heavy atom. The number of rotatable bonds is 3. The first-order valence-corrected chi connectivity index (χ1v) is 3.82.